The second-order valence-corrected chi connectivity index (χ2v) is 10.3. The fraction of sp³-hybridized carbons (Fsp3) is 0.368. The molecule has 3 aromatic rings. The van der Waals surface area contributed by atoms with E-state index in [-0.39, 0.29) is 10.1 Å². The normalized spacial score (nSPS) is 17.1. The highest BCUT2D eigenvalue weighted by Crippen LogP contribution is 2.34. The Kier molecular flexibility index (Phi) is 6.14. The number of likely N-dealkylation sites (N-methyl/N-ethyl adjacent to an activating group) is 1. The van der Waals surface area contributed by atoms with Crippen LogP contribution in [-0.2, 0) is 10.0 Å². The molecule has 0 saturated carbocycles. The number of piperazine rings is 1. The Morgan fingerprint density at radius 1 is 1.13 bits per heavy atom. The first-order valence-electron chi connectivity index (χ1n) is 9.49. The SMILES string of the molecule is CC(Sc1ccc(S(=O)(=O)N2CCN(C)CC2)cn1)c1nc(-c2cccnc2)no1. The van der Waals surface area contributed by atoms with Gasteiger partial charge in [0.2, 0.25) is 21.7 Å². The van der Waals surface area contributed by atoms with Gasteiger partial charge in [-0.15, -0.1) is 0 Å². The highest BCUT2D eigenvalue weighted by Gasteiger charge is 2.28. The van der Waals surface area contributed by atoms with Gasteiger partial charge in [-0.1, -0.05) is 16.9 Å². The monoisotopic (exact) mass is 446 g/mol. The predicted octanol–water partition coefficient (Wildman–Crippen LogP) is 2.32. The van der Waals surface area contributed by atoms with E-state index < -0.39 is 10.0 Å². The first kappa shape index (κ1) is 20.9. The average molecular weight is 447 g/mol. The third-order valence-electron chi connectivity index (χ3n) is 4.82. The number of pyridine rings is 2. The second-order valence-electron chi connectivity index (χ2n) is 7.00. The molecule has 0 spiro atoms. The summed E-state index contributed by atoms with van der Waals surface area (Å²) in [5, 5.41) is 4.54. The molecule has 11 heteroatoms. The van der Waals surface area contributed by atoms with Gasteiger partial charge in [0, 0.05) is 50.3 Å². The lowest BCUT2D eigenvalue weighted by Gasteiger charge is -2.31. The highest BCUT2D eigenvalue weighted by molar-refractivity contribution is 7.99. The van der Waals surface area contributed by atoms with Crippen molar-refractivity contribution in [1.82, 2.24) is 29.3 Å². The van der Waals surface area contributed by atoms with E-state index in [0.29, 0.717) is 29.8 Å². The minimum Gasteiger partial charge on any atom is -0.338 e. The fourth-order valence-electron chi connectivity index (χ4n) is 3.01. The summed E-state index contributed by atoms with van der Waals surface area (Å²) in [4.78, 5) is 15.1. The minimum absolute atomic E-state index is 0.143. The number of thioether (sulfide) groups is 1. The van der Waals surface area contributed by atoms with Gasteiger partial charge in [0.1, 0.15) is 4.90 Å². The van der Waals surface area contributed by atoms with Crippen molar-refractivity contribution >= 4 is 21.8 Å². The van der Waals surface area contributed by atoms with Crippen LogP contribution in [0.25, 0.3) is 11.4 Å². The van der Waals surface area contributed by atoms with E-state index in [9.17, 15) is 8.42 Å². The van der Waals surface area contributed by atoms with Crippen LogP contribution in [0, 0.1) is 0 Å². The summed E-state index contributed by atoms with van der Waals surface area (Å²) < 4.78 is 32.5. The summed E-state index contributed by atoms with van der Waals surface area (Å²) in [6.45, 7) is 4.36. The molecule has 1 unspecified atom stereocenters. The van der Waals surface area contributed by atoms with Gasteiger partial charge in [-0.2, -0.15) is 9.29 Å². The molecule has 1 aliphatic heterocycles. The van der Waals surface area contributed by atoms with Gasteiger partial charge in [0.05, 0.1) is 10.3 Å². The van der Waals surface area contributed by atoms with Gasteiger partial charge >= 0.3 is 0 Å². The topological polar surface area (TPSA) is 105 Å². The van der Waals surface area contributed by atoms with Crippen molar-refractivity contribution in [3.05, 3.63) is 48.7 Å². The quantitative estimate of drug-likeness (QED) is 0.527. The minimum atomic E-state index is -3.52. The molecule has 0 aliphatic carbocycles. The lowest BCUT2D eigenvalue weighted by Crippen LogP contribution is -2.47. The molecule has 158 valence electrons. The van der Waals surface area contributed by atoms with Crippen LogP contribution in [0.1, 0.15) is 18.1 Å². The van der Waals surface area contributed by atoms with Crippen LogP contribution < -0.4 is 0 Å². The maximum atomic E-state index is 12.8. The van der Waals surface area contributed by atoms with Gasteiger partial charge in [0.15, 0.2) is 0 Å². The molecular weight excluding hydrogens is 424 g/mol. The molecule has 0 aromatic carbocycles. The Balaban J connectivity index is 1.43. The van der Waals surface area contributed by atoms with Gasteiger partial charge < -0.3 is 9.42 Å². The number of hydrogen-bond acceptors (Lipinski definition) is 9. The molecule has 4 rings (SSSR count). The smallest absolute Gasteiger partial charge is 0.244 e. The summed E-state index contributed by atoms with van der Waals surface area (Å²) in [6.07, 6.45) is 4.77. The lowest BCUT2D eigenvalue weighted by atomic mass is 10.3. The molecular formula is C19H22N6O3S2. The Bertz CT molecular complexity index is 1080. The summed E-state index contributed by atoms with van der Waals surface area (Å²) in [6, 6.07) is 6.98. The van der Waals surface area contributed by atoms with Crippen LogP contribution in [0.4, 0.5) is 0 Å². The fourth-order valence-corrected chi connectivity index (χ4v) is 5.20. The maximum absolute atomic E-state index is 12.8. The number of nitrogens with zero attached hydrogens (tertiary/aromatic N) is 6. The van der Waals surface area contributed by atoms with Gasteiger partial charge in [-0.05, 0) is 38.2 Å². The molecule has 1 aliphatic rings. The van der Waals surface area contributed by atoms with E-state index in [0.717, 1.165) is 18.7 Å². The lowest BCUT2D eigenvalue weighted by molar-refractivity contribution is 0.222. The van der Waals surface area contributed by atoms with Crippen LogP contribution in [-0.4, -0.2) is 71.0 Å². The highest BCUT2D eigenvalue weighted by atomic mass is 32.2. The van der Waals surface area contributed by atoms with Gasteiger partial charge in [0.25, 0.3) is 0 Å². The summed E-state index contributed by atoms with van der Waals surface area (Å²) >= 11 is 1.42. The molecule has 0 bridgehead atoms. The molecule has 1 fully saturated rings. The molecule has 1 saturated heterocycles. The largest absolute Gasteiger partial charge is 0.338 e. The van der Waals surface area contributed by atoms with E-state index >= 15 is 0 Å². The zero-order valence-corrected chi connectivity index (χ0v) is 18.3. The zero-order valence-electron chi connectivity index (χ0n) is 16.7. The Morgan fingerprint density at radius 3 is 2.60 bits per heavy atom. The molecule has 1 atom stereocenters. The Labute approximate surface area is 179 Å². The summed E-state index contributed by atoms with van der Waals surface area (Å²) in [7, 11) is -1.53. The molecule has 0 radical (unpaired) electrons. The van der Waals surface area contributed by atoms with E-state index in [1.807, 2.05) is 26.1 Å². The van der Waals surface area contributed by atoms with Crippen LogP contribution in [0.2, 0.25) is 0 Å². The molecule has 0 amide bonds. The van der Waals surface area contributed by atoms with Crippen LogP contribution >= 0.6 is 11.8 Å². The number of sulfonamides is 1. The second kappa shape index (κ2) is 8.80. The van der Waals surface area contributed by atoms with Crippen molar-refractivity contribution in [2.24, 2.45) is 0 Å². The maximum Gasteiger partial charge on any atom is 0.244 e. The molecule has 0 N–H and O–H groups in total. The van der Waals surface area contributed by atoms with Gasteiger partial charge in [-0.3, -0.25) is 4.98 Å². The predicted molar refractivity (Wildman–Crippen MR) is 112 cm³/mol. The molecule has 9 nitrogen and oxygen atoms in total. The van der Waals surface area contributed by atoms with E-state index in [1.165, 1.54) is 22.3 Å². The number of hydrogen-bond donors (Lipinski definition) is 0. The van der Waals surface area contributed by atoms with E-state index in [2.05, 4.69) is 25.0 Å². The van der Waals surface area contributed by atoms with E-state index in [4.69, 9.17) is 4.52 Å². The molecule has 4 heterocycles. The third-order valence-corrected chi connectivity index (χ3v) is 7.74. The van der Waals surface area contributed by atoms with Crippen molar-refractivity contribution in [2.75, 3.05) is 33.2 Å². The van der Waals surface area contributed by atoms with Gasteiger partial charge in [-0.25, -0.2) is 13.4 Å². The van der Waals surface area contributed by atoms with Crippen molar-refractivity contribution in [3.63, 3.8) is 0 Å². The van der Waals surface area contributed by atoms with Crippen LogP contribution in [0.3, 0.4) is 0 Å². The van der Waals surface area contributed by atoms with Crippen molar-refractivity contribution in [3.8, 4) is 11.4 Å². The van der Waals surface area contributed by atoms with Crippen molar-refractivity contribution in [1.29, 1.82) is 0 Å². The first-order valence-corrected chi connectivity index (χ1v) is 11.8. The van der Waals surface area contributed by atoms with Crippen LogP contribution in [0.5, 0.6) is 0 Å². The first-order chi connectivity index (χ1) is 14.4. The Hall–Kier alpha value is -2.34. The third kappa shape index (κ3) is 4.53. The zero-order chi connectivity index (χ0) is 21.1. The van der Waals surface area contributed by atoms with E-state index in [1.54, 1.807) is 24.5 Å². The summed E-state index contributed by atoms with van der Waals surface area (Å²) in [5.41, 5.74) is 0.779. The number of rotatable bonds is 6. The standard InChI is InChI=1S/C19H22N6O3S2/c1-14(19-22-18(23-28-19)15-4-3-7-20-12-15)29-17-6-5-16(13-21-17)30(26,27)25-10-8-24(2)9-11-25/h3-7,12-14H,8-11H2,1-2H3. The Morgan fingerprint density at radius 2 is 1.93 bits per heavy atom. The van der Waals surface area contributed by atoms with Crippen molar-refractivity contribution < 1.29 is 12.9 Å². The summed E-state index contributed by atoms with van der Waals surface area (Å²) in [5.74, 6) is 0.946. The molecule has 3 aromatic heterocycles. The average Bonchev–Trinajstić information content (AvgIpc) is 3.26. The van der Waals surface area contributed by atoms with Crippen LogP contribution in [0.15, 0.2) is 57.3 Å². The van der Waals surface area contributed by atoms with Crippen molar-refractivity contribution in [2.45, 2.75) is 22.1 Å². The molecule has 30 heavy (non-hydrogen) atoms. The number of aromatic nitrogens is 4.